The maximum atomic E-state index is 13.7. The number of nitrogens with one attached hydrogen (secondary N) is 2. The van der Waals surface area contributed by atoms with Crippen LogP contribution in [0.4, 0.5) is 24.5 Å². The van der Waals surface area contributed by atoms with Crippen LogP contribution in [-0.2, 0) is 12.7 Å². The number of nitrogens with zero attached hydrogens (tertiary/aromatic N) is 5. The van der Waals surface area contributed by atoms with E-state index in [0.717, 1.165) is 18.9 Å². The van der Waals surface area contributed by atoms with E-state index in [1.165, 1.54) is 16.9 Å². The number of aryl methyl sites for hydroxylation is 1. The van der Waals surface area contributed by atoms with Gasteiger partial charge < -0.3 is 10.6 Å². The van der Waals surface area contributed by atoms with E-state index in [9.17, 15) is 22.8 Å². The minimum atomic E-state index is -4.67. The predicted octanol–water partition coefficient (Wildman–Crippen LogP) is 4.35. The minimum absolute atomic E-state index is 0.0150. The largest absolute Gasteiger partial charge is 0.433 e. The number of rotatable bonds is 6. The van der Waals surface area contributed by atoms with E-state index in [1.54, 1.807) is 37.3 Å². The summed E-state index contributed by atoms with van der Waals surface area (Å²) in [5, 5.41) is 13.3. The molecule has 4 aromatic rings. The number of carbonyl (C=O) groups excluding carboxylic acids is 2. The highest BCUT2D eigenvalue weighted by atomic mass is 19.4. The van der Waals surface area contributed by atoms with E-state index in [2.05, 4.69) is 25.8 Å². The maximum absolute atomic E-state index is 13.7. The van der Waals surface area contributed by atoms with Gasteiger partial charge in [0.2, 0.25) is 0 Å². The first-order chi connectivity index (χ1) is 16.7. The molecule has 2 N–H and O–H groups in total. The second-order valence-corrected chi connectivity index (χ2v) is 8.16. The first-order valence-electron chi connectivity index (χ1n) is 11.0. The van der Waals surface area contributed by atoms with Crippen LogP contribution in [0.25, 0.3) is 5.65 Å². The second-order valence-electron chi connectivity index (χ2n) is 8.16. The predicted molar refractivity (Wildman–Crippen MR) is 120 cm³/mol. The van der Waals surface area contributed by atoms with Gasteiger partial charge in [0.15, 0.2) is 17.0 Å². The van der Waals surface area contributed by atoms with Crippen LogP contribution in [0.5, 0.6) is 0 Å². The van der Waals surface area contributed by atoms with Crippen molar-refractivity contribution in [3.05, 3.63) is 71.4 Å². The second kappa shape index (κ2) is 8.53. The summed E-state index contributed by atoms with van der Waals surface area (Å²) < 4.78 is 43.1. The minimum Gasteiger partial charge on any atom is -0.321 e. The molecule has 1 aromatic carbocycles. The van der Waals surface area contributed by atoms with Gasteiger partial charge in [-0.05, 0) is 38.0 Å². The van der Waals surface area contributed by atoms with E-state index < -0.39 is 23.7 Å². The van der Waals surface area contributed by atoms with Crippen molar-refractivity contribution in [1.29, 1.82) is 0 Å². The van der Waals surface area contributed by atoms with Crippen molar-refractivity contribution >= 4 is 28.8 Å². The van der Waals surface area contributed by atoms with Gasteiger partial charge in [0.1, 0.15) is 5.69 Å². The highest BCUT2D eigenvalue weighted by Crippen LogP contribution is 2.41. The van der Waals surface area contributed by atoms with Gasteiger partial charge in [0, 0.05) is 36.1 Å². The lowest BCUT2D eigenvalue weighted by Crippen LogP contribution is -2.19. The molecule has 35 heavy (non-hydrogen) atoms. The van der Waals surface area contributed by atoms with Crippen molar-refractivity contribution in [1.82, 2.24) is 24.4 Å². The third-order valence-electron chi connectivity index (χ3n) is 5.55. The van der Waals surface area contributed by atoms with Crippen molar-refractivity contribution in [2.45, 2.75) is 38.4 Å². The average molecular weight is 483 g/mol. The zero-order chi connectivity index (χ0) is 24.7. The fraction of sp³-hybridized carbons (Fsp3) is 0.261. The summed E-state index contributed by atoms with van der Waals surface area (Å²) in [5.74, 6) is -1.36. The van der Waals surface area contributed by atoms with Gasteiger partial charge in [-0.1, -0.05) is 18.2 Å². The molecule has 0 saturated heterocycles. The standard InChI is InChI=1S/C23H20F3N7O2/c1-2-32-12-17(20(31-32)22(35)27-14-6-4-3-5-7-14)29-21(34)16-11-19-28-15(13-8-9-13)10-18(23(24,25)26)33(19)30-16/h3-7,10-13H,2,8-9H2,1H3,(H,27,35)(H,29,34). The van der Waals surface area contributed by atoms with Crippen LogP contribution in [0.1, 0.15) is 58.0 Å². The lowest BCUT2D eigenvalue weighted by atomic mass is 10.2. The quantitative estimate of drug-likeness (QED) is 0.424. The van der Waals surface area contributed by atoms with Crippen LogP contribution in [0, 0.1) is 0 Å². The van der Waals surface area contributed by atoms with Gasteiger partial charge in [0.25, 0.3) is 11.8 Å². The van der Waals surface area contributed by atoms with Crippen LogP contribution in [0.2, 0.25) is 0 Å². The third kappa shape index (κ3) is 4.59. The highest BCUT2D eigenvalue weighted by Gasteiger charge is 2.37. The average Bonchev–Trinajstić information content (AvgIpc) is 3.45. The van der Waals surface area contributed by atoms with Crippen LogP contribution in [0.3, 0.4) is 0 Å². The summed E-state index contributed by atoms with van der Waals surface area (Å²) in [4.78, 5) is 30.0. The molecule has 12 heteroatoms. The van der Waals surface area contributed by atoms with E-state index in [0.29, 0.717) is 22.4 Å². The Kier molecular flexibility index (Phi) is 5.50. The van der Waals surface area contributed by atoms with Crippen molar-refractivity contribution in [3.63, 3.8) is 0 Å². The molecule has 0 atom stereocenters. The number of hydrogen-bond acceptors (Lipinski definition) is 5. The maximum Gasteiger partial charge on any atom is 0.433 e. The van der Waals surface area contributed by atoms with Crippen LogP contribution >= 0.6 is 0 Å². The van der Waals surface area contributed by atoms with E-state index in [1.807, 2.05) is 0 Å². The van der Waals surface area contributed by atoms with Gasteiger partial charge in [-0.2, -0.15) is 23.4 Å². The van der Waals surface area contributed by atoms with Crippen molar-refractivity contribution < 1.29 is 22.8 Å². The topological polar surface area (TPSA) is 106 Å². The van der Waals surface area contributed by atoms with Crippen LogP contribution in [-0.4, -0.2) is 36.2 Å². The third-order valence-corrected chi connectivity index (χ3v) is 5.55. The Morgan fingerprint density at radius 3 is 2.46 bits per heavy atom. The molecule has 1 aliphatic rings. The molecule has 0 spiro atoms. The number of fused-ring (bicyclic) bond motifs is 1. The van der Waals surface area contributed by atoms with Gasteiger partial charge in [-0.15, -0.1) is 0 Å². The molecular formula is C23H20F3N7O2. The number of carbonyl (C=O) groups is 2. The number of aromatic nitrogens is 5. The molecule has 3 heterocycles. The first-order valence-corrected chi connectivity index (χ1v) is 11.0. The molecule has 180 valence electrons. The molecule has 1 aliphatic carbocycles. The molecule has 9 nitrogen and oxygen atoms in total. The van der Waals surface area contributed by atoms with Crippen molar-refractivity contribution in [3.8, 4) is 0 Å². The Bertz CT molecular complexity index is 1420. The summed E-state index contributed by atoms with van der Waals surface area (Å²) in [6, 6.07) is 10.9. The first kappa shape index (κ1) is 22.6. The summed E-state index contributed by atoms with van der Waals surface area (Å²) in [6.07, 6.45) is -1.65. The van der Waals surface area contributed by atoms with Crippen LogP contribution in [0.15, 0.2) is 48.7 Å². The Morgan fingerprint density at radius 2 is 1.80 bits per heavy atom. The van der Waals surface area contributed by atoms with E-state index in [-0.39, 0.29) is 28.6 Å². The van der Waals surface area contributed by atoms with Gasteiger partial charge in [0.05, 0.1) is 5.69 Å². The van der Waals surface area contributed by atoms with Gasteiger partial charge in [-0.25, -0.2) is 9.50 Å². The fourth-order valence-corrected chi connectivity index (χ4v) is 3.64. The van der Waals surface area contributed by atoms with Gasteiger partial charge in [-0.3, -0.25) is 14.3 Å². The summed E-state index contributed by atoms with van der Waals surface area (Å²) in [6.45, 7) is 2.24. The molecular weight excluding hydrogens is 463 g/mol. The number of anilines is 2. The summed E-state index contributed by atoms with van der Waals surface area (Å²) >= 11 is 0. The zero-order valence-corrected chi connectivity index (χ0v) is 18.5. The number of halogens is 3. The summed E-state index contributed by atoms with van der Waals surface area (Å²) in [7, 11) is 0. The lowest BCUT2D eigenvalue weighted by Gasteiger charge is -2.10. The molecule has 2 amide bonds. The molecule has 5 rings (SSSR count). The van der Waals surface area contributed by atoms with Crippen LogP contribution < -0.4 is 10.6 Å². The SMILES string of the molecule is CCn1cc(NC(=O)c2cc3nc(C4CC4)cc(C(F)(F)F)n3n2)c(C(=O)Nc2ccccc2)n1. The molecule has 0 radical (unpaired) electrons. The fourth-order valence-electron chi connectivity index (χ4n) is 3.64. The Balaban J connectivity index is 1.45. The summed E-state index contributed by atoms with van der Waals surface area (Å²) in [5.41, 5.74) is -0.403. The molecule has 1 fully saturated rings. The molecule has 3 aromatic heterocycles. The van der Waals surface area contributed by atoms with Crippen molar-refractivity contribution in [2.24, 2.45) is 0 Å². The Hall–Kier alpha value is -4.22. The number of para-hydroxylation sites is 1. The number of amides is 2. The Labute approximate surface area is 197 Å². The smallest absolute Gasteiger partial charge is 0.321 e. The monoisotopic (exact) mass is 483 g/mol. The molecule has 0 unspecified atom stereocenters. The van der Waals surface area contributed by atoms with Crippen molar-refractivity contribution in [2.75, 3.05) is 10.6 Å². The molecule has 0 bridgehead atoms. The van der Waals surface area contributed by atoms with E-state index >= 15 is 0 Å². The normalized spacial score (nSPS) is 13.7. The Morgan fingerprint density at radius 1 is 1.06 bits per heavy atom. The zero-order valence-electron chi connectivity index (χ0n) is 18.5. The van der Waals surface area contributed by atoms with E-state index in [4.69, 9.17) is 0 Å². The molecule has 1 saturated carbocycles. The molecule has 0 aliphatic heterocycles. The number of benzene rings is 1. The highest BCUT2D eigenvalue weighted by molar-refractivity contribution is 6.11. The lowest BCUT2D eigenvalue weighted by molar-refractivity contribution is -0.142. The van der Waals surface area contributed by atoms with Gasteiger partial charge >= 0.3 is 6.18 Å². The number of hydrogen-bond donors (Lipinski definition) is 2. The number of alkyl halides is 3.